The van der Waals surface area contributed by atoms with E-state index in [1.165, 1.54) is 7.11 Å². The Morgan fingerprint density at radius 1 is 1.15 bits per heavy atom. The summed E-state index contributed by atoms with van der Waals surface area (Å²) in [5, 5.41) is 3.80. The summed E-state index contributed by atoms with van der Waals surface area (Å²) in [5.74, 6) is -3.09. The lowest BCUT2D eigenvalue weighted by Gasteiger charge is -2.38. The maximum atomic E-state index is 13.7. The first-order chi connectivity index (χ1) is 15.8. The number of nitrogens with one attached hydrogen (secondary N) is 1. The van der Waals surface area contributed by atoms with Crippen molar-refractivity contribution < 1.29 is 23.9 Å². The molecule has 1 aromatic carbocycles. The molecule has 3 aliphatic rings. The number of esters is 2. The second-order valence-corrected chi connectivity index (χ2v) is 9.69. The highest BCUT2D eigenvalue weighted by atomic mass is 35.5. The maximum Gasteiger partial charge on any atom is 0.337 e. The molecule has 33 heavy (non-hydrogen) atoms. The van der Waals surface area contributed by atoms with E-state index >= 15 is 0 Å². The third kappa shape index (κ3) is 4.58. The highest BCUT2D eigenvalue weighted by Gasteiger charge is 2.47. The van der Waals surface area contributed by atoms with Crippen molar-refractivity contribution in [3.8, 4) is 0 Å². The van der Waals surface area contributed by atoms with Crippen LogP contribution in [0.15, 0.2) is 46.8 Å². The molecule has 2 aliphatic carbocycles. The van der Waals surface area contributed by atoms with E-state index in [0.717, 1.165) is 43.4 Å². The van der Waals surface area contributed by atoms with Crippen LogP contribution in [0.25, 0.3) is 0 Å². The highest BCUT2D eigenvalue weighted by molar-refractivity contribution is 6.30. The lowest BCUT2D eigenvalue weighted by atomic mass is 9.69. The first-order valence-corrected chi connectivity index (χ1v) is 12.0. The van der Waals surface area contributed by atoms with Crippen molar-refractivity contribution in [1.29, 1.82) is 0 Å². The number of dihydropyridines is 1. The number of rotatable bonds is 4. The lowest BCUT2D eigenvalue weighted by molar-refractivity contribution is -0.151. The fraction of sp³-hybridized carbons (Fsp3) is 0.500. The first-order valence-electron chi connectivity index (χ1n) is 11.6. The molecule has 176 valence electrons. The number of benzene rings is 1. The van der Waals surface area contributed by atoms with Crippen molar-refractivity contribution in [3.63, 3.8) is 0 Å². The minimum atomic E-state index is -0.911. The predicted molar refractivity (Wildman–Crippen MR) is 124 cm³/mol. The van der Waals surface area contributed by atoms with Gasteiger partial charge in [0.25, 0.3) is 0 Å². The third-order valence-electron chi connectivity index (χ3n) is 6.97. The monoisotopic (exact) mass is 471 g/mol. The topological polar surface area (TPSA) is 81.7 Å². The first kappa shape index (κ1) is 23.6. The average Bonchev–Trinajstić information content (AvgIpc) is 2.78. The molecular formula is C26H30ClNO5. The van der Waals surface area contributed by atoms with Crippen molar-refractivity contribution in [2.75, 3.05) is 7.11 Å². The van der Waals surface area contributed by atoms with Crippen molar-refractivity contribution in [2.45, 2.75) is 64.4 Å². The normalized spacial score (nSPS) is 25.9. The fourth-order valence-corrected chi connectivity index (χ4v) is 5.57. The summed E-state index contributed by atoms with van der Waals surface area (Å²) < 4.78 is 10.9. The average molecular weight is 472 g/mol. The van der Waals surface area contributed by atoms with E-state index in [9.17, 15) is 14.4 Å². The molecule has 1 heterocycles. The van der Waals surface area contributed by atoms with Gasteiger partial charge in [-0.05, 0) is 62.6 Å². The van der Waals surface area contributed by atoms with E-state index in [1.54, 1.807) is 18.2 Å². The van der Waals surface area contributed by atoms with Gasteiger partial charge in [0.2, 0.25) is 0 Å². The summed E-state index contributed by atoms with van der Waals surface area (Å²) in [5.41, 5.74) is 2.94. The summed E-state index contributed by atoms with van der Waals surface area (Å²) in [6.07, 6.45) is 5.31. The Morgan fingerprint density at radius 3 is 2.55 bits per heavy atom. The SMILES string of the molecule is COC(=O)[C@H]1C(=O)C2=C(C[C@H]1C)NC(C)=C(C(=O)OC1CCCCC1)[C@H]2c1cccc(Cl)c1. The standard InChI is InChI=1S/C26H30ClNO5/c1-14-12-19-23(24(29)20(14)25(30)32-3)22(16-8-7-9-17(27)13-16)21(15(2)28-19)26(31)33-18-10-5-4-6-11-18/h7-9,13-14,18,20,22,28H,4-6,10-12H2,1-3H3/t14-,20-,22-/m1/s1. The van der Waals surface area contributed by atoms with E-state index in [2.05, 4.69) is 5.32 Å². The number of ketones is 1. The Bertz CT molecular complexity index is 1040. The van der Waals surface area contributed by atoms with Gasteiger partial charge in [-0.1, -0.05) is 37.1 Å². The van der Waals surface area contributed by atoms with E-state index in [-0.39, 0.29) is 17.8 Å². The molecule has 1 fully saturated rings. The van der Waals surface area contributed by atoms with Gasteiger partial charge >= 0.3 is 11.9 Å². The second kappa shape index (κ2) is 9.72. The van der Waals surface area contributed by atoms with Crippen molar-refractivity contribution in [2.24, 2.45) is 11.8 Å². The zero-order chi connectivity index (χ0) is 23.7. The number of hydrogen-bond acceptors (Lipinski definition) is 6. The molecule has 0 unspecified atom stereocenters. The number of carbonyl (C=O) groups is 3. The van der Waals surface area contributed by atoms with Crippen LogP contribution in [0.3, 0.4) is 0 Å². The van der Waals surface area contributed by atoms with Gasteiger partial charge in [-0.15, -0.1) is 0 Å². The quantitative estimate of drug-likeness (QED) is 0.500. The largest absolute Gasteiger partial charge is 0.468 e. The molecule has 0 aromatic heterocycles. The van der Waals surface area contributed by atoms with Crippen LogP contribution in [-0.4, -0.2) is 30.9 Å². The molecule has 6 nitrogen and oxygen atoms in total. The number of hydrogen-bond donors (Lipinski definition) is 1. The van der Waals surface area contributed by atoms with Gasteiger partial charge < -0.3 is 14.8 Å². The van der Waals surface area contributed by atoms with Gasteiger partial charge in [0.05, 0.1) is 12.7 Å². The minimum Gasteiger partial charge on any atom is -0.468 e. The zero-order valence-electron chi connectivity index (χ0n) is 19.3. The van der Waals surface area contributed by atoms with Gasteiger partial charge in [0.1, 0.15) is 12.0 Å². The fourth-order valence-electron chi connectivity index (χ4n) is 5.37. The van der Waals surface area contributed by atoms with E-state index in [0.29, 0.717) is 28.3 Å². The molecule has 1 N–H and O–H groups in total. The Morgan fingerprint density at radius 2 is 1.88 bits per heavy atom. The Labute approximate surface area is 199 Å². The van der Waals surface area contributed by atoms with Gasteiger partial charge in [0, 0.05) is 27.9 Å². The van der Waals surface area contributed by atoms with Crippen molar-refractivity contribution >= 4 is 29.3 Å². The smallest absolute Gasteiger partial charge is 0.337 e. The molecule has 0 spiro atoms. The number of methoxy groups -OCH3 is 1. The van der Waals surface area contributed by atoms with Gasteiger partial charge in [-0.3, -0.25) is 9.59 Å². The molecule has 4 rings (SSSR count). The van der Waals surface area contributed by atoms with Crippen LogP contribution in [-0.2, 0) is 23.9 Å². The molecule has 0 saturated heterocycles. The number of ether oxygens (including phenoxy) is 2. The van der Waals surface area contributed by atoms with Gasteiger partial charge in [0.15, 0.2) is 5.78 Å². The van der Waals surface area contributed by atoms with Crippen LogP contribution < -0.4 is 5.32 Å². The molecule has 1 aliphatic heterocycles. The molecule has 0 amide bonds. The molecule has 0 radical (unpaired) electrons. The summed E-state index contributed by atoms with van der Waals surface area (Å²) >= 11 is 6.30. The maximum absolute atomic E-state index is 13.7. The van der Waals surface area contributed by atoms with Crippen LogP contribution >= 0.6 is 11.6 Å². The Kier molecular flexibility index (Phi) is 6.94. The number of allylic oxidation sites excluding steroid dienone is 3. The molecule has 0 bridgehead atoms. The summed E-state index contributed by atoms with van der Waals surface area (Å²) in [4.78, 5) is 39.7. The van der Waals surface area contributed by atoms with Gasteiger partial charge in [-0.25, -0.2) is 4.79 Å². The summed E-state index contributed by atoms with van der Waals surface area (Å²) in [6, 6.07) is 7.17. The number of carbonyl (C=O) groups excluding carboxylic acids is 3. The van der Waals surface area contributed by atoms with E-state index in [1.807, 2.05) is 19.9 Å². The van der Waals surface area contributed by atoms with E-state index in [4.69, 9.17) is 21.1 Å². The Balaban J connectivity index is 1.78. The van der Waals surface area contributed by atoms with Crippen molar-refractivity contribution in [3.05, 3.63) is 57.4 Å². The molecule has 3 atom stereocenters. The number of Topliss-reactive ketones (excluding diaryl/α,β-unsaturated/α-hetero) is 1. The summed E-state index contributed by atoms with van der Waals surface area (Å²) in [6.45, 7) is 3.70. The predicted octanol–water partition coefficient (Wildman–Crippen LogP) is 4.83. The second-order valence-electron chi connectivity index (χ2n) is 9.26. The van der Waals surface area contributed by atoms with Crippen LogP contribution in [0.2, 0.25) is 5.02 Å². The molecule has 7 heteroatoms. The van der Waals surface area contributed by atoms with Crippen molar-refractivity contribution in [1.82, 2.24) is 5.32 Å². The van der Waals surface area contributed by atoms with E-state index < -0.39 is 23.8 Å². The molecule has 1 aromatic rings. The zero-order valence-corrected chi connectivity index (χ0v) is 20.0. The molecular weight excluding hydrogens is 442 g/mol. The summed E-state index contributed by atoms with van der Waals surface area (Å²) in [7, 11) is 1.29. The Hall–Kier alpha value is -2.60. The lowest BCUT2D eigenvalue weighted by Crippen LogP contribution is -2.43. The van der Waals surface area contributed by atoms with Gasteiger partial charge in [-0.2, -0.15) is 0 Å². The van der Waals surface area contributed by atoms with Crippen LogP contribution in [0.1, 0.15) is 63.9 Å². The highest BCUT2D eigenvalue weighted by Crippen LogP contribution is 2.46. The number of halogens is 1. The van der Waals surface area contributed by atoms with Crippen LogP contribution in [0, 0.1) is 11.8 Å². The van der Waals surface area contributed by atoms with Crippen LogP contribution in [0.5, 0.6) is 0 Å². The van der Waals surface area contributed by atoms with Crippen LogP contribution in [0.4, 0.5) is 0 Å². The third-order valence-corrected chi connectivity index (χ3v) is 7.21. The minimum absolute atomic E-state index is 0.119. The molecule has 1 saturated carbocycles.